The number of hydrogen-bond donors (Lipinski definition) is 2. The lowest BCUT2D eigenvalue weighted by Gasteiger charge is -2.25. The van der Waals surface area contributed by atoms with Gasteiger partial charge in [-0.2, -0.15) is 0 Å². The molecule has 0 saturated heterocycles. The van der Waals surface area contributed by atoms with E-state index < -0.39 is 4.92 Å². The predicted octanol–water partition coefficient (Wildman–Crippen LogP) is 2.70. The lowest BCUT2D eigenvalue weighted by Crippen LogP contribution is -2.32. The third-order valence-electron chi connectivity index (χ3n) is 3.56. The molecular weight excluding hydrogens is 282 g/mol. The zero-order chi connectivity index (χ0) is 14.7. The van der Waals surface area contributed by atoms with Gasteiger partial charge < -0.3 is 11.1 Å². The van der Waals surface area contributed by atoms with Crippen LogP contribution in [0.15, 0.2) is 18.2 Å². The van der Waals surface area contributed by atoms with Gasteiger partial charge in [0.25, 0.3) is 5.69 Å². The van der Waals surface area contributed by atoms with Gasteiger partial charge in [-0.3, -0.25) is 14.9 Å². The summed E-state index contributed by atoms with van der Waals surface area (Å²) in [7, 11) is 0. The van der Waals surface area contributed by atoms with Crippen molar-refractivity contribution in [2.75, 3.05) is 5.32 Å². The van der Waals surface area contributed by atoms with Gasteiger partial charge in [0, 0.05) is 24.1 Å². The Hall–Kier alpha value is -1.66. The molecule has 1 aliphatic carbocycles. The van der Waals surface area contributed by atoms with Crippen LogP contribution in [0.1, 0.15) is 25.7 Å². The van der Waals surface area contributed by atoms with Crippen LogP contribution < -0.4 is 11.1 Å². The highest BCUT2D eigenvalue weighted by Crippen LogP contribution is 2.29. The molecule has 6 nitrogen and oxygen atoms in total. The van der Waals surface area contributed by atoms with Crippen molar-refractivity contribution >= 4 is 28.9 Å². The molecule has 20 heavy (non-hydrogen) atoms. The number of nitro benzene ring substituents is 1. The van der Waals surface area contributed by atoms with Crippen LogP contribution in [-0.2, 0) is 4.79 Å². The smallest absolute Gasteiger partial charge is 0.271 e. The van der Waals surface area contributed by atoms with Crippen molar-refractivity contribution in [1.82, 2.24) is 0 Å². The summed E-state index contributed by atoms with van der Waals surface area (Å²) >= 11 is 5.94. The minimum atomic E-state index is -0.528. The van der Waals surface area contributed by atoms with Crippen LogP contribution in [0, 0.1) is 16.0 Å². The highest BCUT2D eigenvalue weighted by molar-refractivity contribution is 6.34. The van der Waals surface area contributed by atoms with Crippen LogP contribution >= 0.6 is 11.6 Å². The molecule has 0 heterocycles. The largest absolute Gasteiger partial charge is 0.328 e. The Kier molecular flexibility index (Phi) is 4.57. The van der Waals surface area contributed by atoms with E-state index in [9.17, 15) is 14.9 Å². The summed E-state index contributed by atoms with van der Waals surface area (Å²) in [4.78, 5) is 22.2. The normalized spacial score (nSPS) is 22.3. The number of benzene rings is 1. The second-order valence-corrected chi connectivity index (χ2v) is 5.43. The zero-order valence-corrected chi connectivity index (χ0v) is 11.6. The molecule has 0 aromatic heterocycles. The molecule has 1 amide bonds. The topological polar surface area (TPSA) is 98.3 Å². The molecule has 2 rings (SSSR count). The van der Waals surface area contributed by atoms with Gasteiger partial charge in [-0.1, -0.05) is 11.6 Å². The van der Waals surface area contributed by atoms with Crippen LogP contribution in [0.3, 0.4) is 0 Å². The van der Waals surface area contributed by atoms with Crippen molar-refractivity contribution < 1.29 is 9.72 Å². The van der Waals surface area contributed by atoms with Gasteiger partial charge in [-0.05, 0) is 31.7 Å². The molecule has 0 unspecified atom stereocenters. The molecule has 0 bridgehead atoms. The maximum absolute atomic E-state index is 12.1. The van der Waals surface area contributed by atoms with E-state index >= 15 is 0 Å². The van der Waals surface area contributed by atoms with Gasteiger partial charge >= 0.3 is 0 Å². The van der Waals surface area contributed by atoms with Gasteiger partial charge in [-0.15, -0.1) is 0 Å². The monoisotopic (exact) mass is 297 g/mol. The molecule has 1 aromatic carbocycles. The number of nitrogens with one attached hydrogen (secondary N) is 1. The number of nitro groups is 1. The molecule has 0 aliphatic heterocycles. The number of nitrogens with two attached hydrogens (primary N) is 1. The quantitative estimate of drug-likeness (QED) is 0.662. The number of carbonyl (C=O) groups excluding carboxylic acids is 1. The number of amides is 1. The Labute approximate surface area is 121 Å². The first kappa shape index (κ1) is 14.7. The molecule has 108 valence electrons. The van der Waals surface area contributed by atoms with Crippen molar-refractivity contribution in [3.05, 3.63) is 33.3 Å². The highest BCUT2D eigenvalue weighted by atomic mass is 35.5. The fourth-order valence-corrected chi connectivity index (χ4v) is 2.56. The first-order chi connectivity index (χ1) is 9.47. The van der Waals surface area contributed by atoms with E-state index in [0.29, 0.717) is 5.69 Å². The third kappa shape index (κ3) is 3.46. The summed E-state index contributed by atoms with van der Waals surface area (Å²) in [6.45, 7) is 0. The van der Waals surface area contributed by atoms with Gasteiger partial charge in [0.05, 0.1) is 15.6 Å². The number of rotatable bonds is 3. The fraction of sp³-hybridized carbons (Fsp3) is 0.462. The minimum Gasteiger partial charge on any atom is -0.328 e. The SMILES string of the molecule is NC1CCC(C(=O)Nc2ccc([N+](=O)[O-])cc2Cl)CC1. The Morgan fingerprint density at radius 3 is 2.55 bits per heavy atom. The summed E-state index contributed by atoms with van der Waals surface area (Å²) in [5, 5.41) is 13.5. The van der Waals surface area contributed by atoms with E-state index in [2.05, 4.69) is 5.32 Å². The Morgan fingerprint density at radius 2 is 2.00 bits per heavy atom. The summed E-state index contributed by atoms with van der Waals surface area (Å²) in [6.07, 6.45) is 3.20. The molecule has 0 radical (unpaired) electrons. The predicted molar refractivity (Wildman–Crippen MR) is 76.7 cm³/mol. The third-order valence-corrected chi connectivity index (χ3v) is 3.88. The van der Waals surface area contributed by atoms with Crippen LogP contribution in [0.5, 0.6) is 0 Å². The summed E-state index contributed by atoms with van der Waals surface area (Å²) < 4.78 is 0. The number of anilines is 1. The van der Waals surface area contributed by atoms with E-state index in [1.807, 2.05) is 0 Å². The second kappa shape index (κ2) is 6.19. The van der Waals surface area contributed by atoms with E-state index in [1.165, 1.54) is 18.2 Å². The van der Waals surface area contributed by atoms with E-state index in [-0.39, 0.29) is 28.6 Å². The molecule has 0 spiro atoms. The summed E-state index contributed by atoms with van der Waals surface area (Å²) in [5.41, 5.74) is 6.10. The lowest BCUT2D eigenvalue weighted by molar-refractivity contribution is -0.384. The molecule has 1 aromatic rings. The van der Waals surface area contributed by atoms with E-state index in [0.717, 1.165) is 25.7 Å². The van der Waals surface area contributed by atoms with Crippen molar-refractivity contribution in [3.63, 3.8) is 0 Å². The van der Waals surface area contributed by atoms with Crippen molar-refractivity contribution in [2.45, 2.75) is 31.7 Å². The average molecular weight is 298 g/mol. The summed E-state index contributed by atoms with van der Waals surface area (Å²) in [6, 6.07) is 4.18. The molecule has 1 aliphatic rings. The van der Waals surface area contributed by atoms with Gasteiger partial charge in [-0.25, -0.2) is 0 Å². The van der Waals surface area contributed by atoms with Crippen LogP contribution in [0.25, 0.3) is 0 Å². The summed E-state index contributed by atoms with van der Waals surface area (Å²) in [5.74, 6) is -0.172. The maximum Gasteiger partial charge on any atom is 0.271 e. The first-order valence-corrected chi connectivity index (χ1v) is 6.85. The van der Waals surface area contributed by atoms with Crippen LogP contribution in [0.4, 0.5) is 11.4 Å². The number of halogens is 1. The molecular formula is C13H16ClN3O3. The van der Waals surface area contributed by atoms with Crippen LogP contribution in [0.2, 0.25) is 5.02 Å². The molecule has 7 heteroatoms. The Balaban J connectivity index is 2.02. The fourth-order valence-electron chi connectivity index (χ4n) is 2.34. The Morgan fingerprint density at radius 1 is 1.35 bits per heavy atom. The number of non-ortho nitro benzene ring substituents is 1. The van der Waals surface area contributed by atoms with Gasteiger partial charge in [0.15, 0.2) is 0 Å². The minimum absolute atomic E-state index is 0.0685. The maximum atomic E-state index is 12.1. The number of carbonyl (C=O) groups is 1. The van der Waals surface area contributed by atoms with Crippen molar-refractivity contribution in [2.24, 2.45) is 11.7 Å². The van der Waals surface area contributed by atoms with Crippen molar-refractivity contribution in [3.8, 4) is 0 Å². The Bertz CT molecular complexity index is 528. The zero-order valence-electron chi connectivity index (χ0n) is 10.8. The standard InChI is InChI=1S/C13H16ClN3O3/c14-11-7-10(17(19)20)5-6-12(11)16-13(18)8-1-3-9(15)4-2-8/h5-9H,1-4,15H2,(H,16,18). The van der Waals surface area contributed by atoms with Gasteiger partial charge in [0.1, 0.15) is 0 Å². The molecule has 1 fully saturated rings. The second-order valence-electron chi connectivity index (χ2n) is 5.02. The number of hydrogen-bond acceptors (Lipinski definition) is 4. The molecule has 1 saturated carbocycles. The van der Waals surface area contributed by atoms with Gasteiger partial charge in [0.2, 0.25) is 5.91 Å². The van der Waals surface area contributed by atoms with E-state index in [1.54, 1.807) is 0 Å². The highest BCUT2D eigenvalue weighted by Gasteiger charge is 2.25. The average Bonchev–Trinajstić information content (AvgIpc) is 2.41. The number of nitrogens with zero attached hydrogens (tertiary/aromatic N) is 1. The molecule has 0 atom stereocenters. The molecule has 3 N–H and O–H groups in total. The van der Waals surface area contributed by atoms with Crippen molar-refractivity contribution in [1.29, 1.82) is 0 Å². The van der Waals surface area contributed by atoms with E-state index in [4.69, 9.17) is 17.3 Å². The first-order valence-electron chi connectivity index (χ1n) is 6.47. The lowest BCUT2D eigenvalue weighted by atomic mass is 9.86. The van der Waals surface area contributed by atoms with Crippen LogP contribution in [-0.4, -0.2) is 16.9 Å².